The number of pyridine rings is 1. The molecule has 5 nitrogen and oxygen atoms in total. The third-order valence-corrected chi connectivity index (χ3v) is 4.77. The van der Waals surface area contributed by atoms with E-state index in [1.807, 2.05) is 31.2 Å². The molecule has 0 saturated heterocycles. The average molecular weight is 351 g/mol. The monoisotopic (exact) mass is 351 g/mol. The highest BCUT2D eigenvalue weighted by Crippen LogP contribution is 2.17. The number of aromatic nitrogens is 1. The molecule has 0 aliphatic heterocycles. The number of carbonyl (C=O) groups is 2. The molecule has 2 N–H and O–H groups in total. The van der Waals surface area contributed by atoms with Crippen molar-refractivity contribution in [3.05, 3.63) is 65.0 Å². The molecule has 0 spiro atoms. The number of amides is 2. The van der Waals surface area contributed by atoms with Gasteiger partial charge >= 0.3 is 0 Å². The summed E-state index contributed by atoms with van der Waals surface area (Å²) in [5.41, 5.74) is 2.95. The molecule has 2 aromatic rings. The van der Waals surface area contributed by atoms with Crippen LogP contribution in [-0.2, 0) is 6.54 Å². The van der Waals surface area contributed by atoms with Crippen molar-refractivity contribution in [2.45, 2.75) is 51.6 Å². The fourth-order valence-electron chi connectivity index (χ4n) is 3.19. The smallest absolute Gasteiger partial charge is 0.270 e. The van der Waals surface area contributed by atoms with E-state index in [-0.39, 0.29) is 17.9 Å². The van der Waals surface area contributed by atoms with E-state index in [0.29, 0.717) is 17.8 Å². The Balaban J connectivity index is 1.59. The van der Waals surface area contributed by atoms with Crippen LogP contribution in [0.1, 0.15) is 64.1 Å². The first-order valence-corrected chi connectivity index (χ1v) is 9.22. The van der Waals surface area contributed by atoms with Crippen molar-refractivity contribution in [2.24, 2.45) is 0 Å². The van der Waals surface area contributed by atoms with Crippen LogP contribution >= 0.6 is 0 Å². The van der Waals surface area contributed by atoms with E-state index < -0.39 is 0 Å². The molecule has 0 unspecified atom stereocenters. The number of nitrogens with zero attached hydrogens (tertiary/aromatic N) is 1. The van der Waals surface area contributed by atoms with E-state index in [9.17, 15) is 9.59 Å². The van der Waals surface area contributed by atoms with Crippen molar-refractivity contribution >= 4 is 11.8 Å². The van der Waals surface area contributed by atoms with Gasteiger partial charge in [-0.3, -0.25) is 14.6 Å². The van der Waals surface area contributed by atoms with Gasteiger partial charge in [-0.25, -0.2) is 0 Å². The summed E-state index contributed by atoms with van der Waals surface area (Å²) in [4.78, 5) is 28.9. The van der Waals surface area contributed by atoms with E-state index in [4.69, 9.17) is 0 Å². The van der Waals surface area contributed by atoms with Crippen molar-refractivity contribution in [1.82, 2.24) is 15.6 Å². The number of benzene rings is 1. The Labute approximate surface area is 154 Å². The van der Waals surface area contributed by atoms with Gasteiger partial charge in [0.2, 0.25) is 0 Å². The molecule has 5 heteroatoms. The number of nitrogens with one attached hydrogen (secondary N) is 2. The highest BCUT2D eigenvalue weighted by Gasteiger charge is 2.18. The highest BCUT2D eigenvalue weighted by molar-refractivity contribution is 5.98. The summed E-state index contributed by atoms with van der Waals surface area (Å²) in [5.74, 6) is -0.412. The van der Waals surface area contributed by atoms with Crippen LogP contribution in [0.4, 0.5) is 0 Å². The predicted molar refractivity (Wildman–Crippen MR) is 101 cm³/mol. The highest BCUT2D eigenvalue weighted by atomic mass is 16.2. The van der Waals surface area contributed by atoms with Crippen LogP contribution in [0.2, 0.25) is 0 Å². The molecule has 0 atom stereocenters. The topological polar surface area (TPSA) is 71.1 Å². The van der Waals surface area contributed by atoms with Crippen LogP contribution in [0.25, 0.3) is 0 Å². The van der Waals surface area contributed by atoms with Gasteiger partial charge < -0.3 is 10.6 Å². The molecule has 0 radical (unpaired) electrons. The van der Waals surface area contributed by atoms with Gasteiger partial charge in [-0.05, 0) is 37.5 Å². The Morgan fingerprint density at radius 1 is 1.04 bits per heavy atom. The Morgan fingerprint density at radius 2 is 1.77 bits per heavy atom. The average Bonchev–Trinajstić information content (AvgIpc) is 2.68. The molecule has 1 aromatic heterocycles. The molecule has 26 heavy (non-hydrogen) atoms. The van der Waals surface area contributed by atoms with Gasteiger partial charge in [0, 0.05) is 24.3 Å². The molecule has 1 aliphatic rings. The molecular weight excluding hydrogens is 326 g/mol. The Bertz CT molecular complexity index is 765. The number of hydrogen-bond donors (Lipinski definition) is 2. The van der Waals surface area contributed by atoms with Crippen molar-refractivity contribution in [2.75, 3.05) is 0 Å². The zero-order valence-corrected chi connectivity index (χ0v) is 15.1. The van der Waals surface area contributed by atoms with Crippen molar-refractivity contribution < 1.29 is 9.59 Å². The third kappa shape index (κ3) is 4.91. The molecule has 1 aromatic carbocycles. The molecule has 3 rings (SSSR count). The lowest BCUT2D eigenvalue weighted by molar-refractivity contribution is 0.0922. The summed E-state index contributed by atoms with van der Waals surface area (Å²) in [6.07, 6.45) is 7.09. The van der Waals surface area contributed by atoms with Gasteiger partial charge in [-0.1, -0.05) is 49.1 Å². The zero-order valence-electron chi connectivity index (χ0n) is 15.1. The minimum atomic E-state index is -0.209. The zero-order chi connectivity index (χ0) is 18.4. The lowest BCUT2D eigenvalue weighted by Gasteiger charge is -2.22. The van der Waals surface area contributed by atoms with Crippen LogP contribution in [-0.4, -0.2) is 22.8 Å². The summed E-state index contributed by atoms with van der Waals surface area (Å²) in [5, 5.41) is 5.92. The standard InChI is InChI=1S/C21H25N3O2/c1-15-7-9-16(10-8-15)14-23-20(25)17-11-12-22-19(13-17)21(26)24-18-5-3-2-4-6-18/h7-13,18H,2-6,14H2,1H3,(H,23,25)(H,24,26). The largest absolute Gasteiger partial charge is 0.348 e. The number of aryl methyl sites for hydroxylation is 1. The SMILES string of the molecule is Cc1ccc(CNC(=O)c2ccnc(C(=O)NC3CCCCC3)c2)cc1. The van der Waals surface area contributed by atoms with E-state index in [1.165, 1.54) is 18.2 Å². The number of hydrogen-bond acceptors (Lipinski definition) is 3. The van der Waals surface area contributed by atoms with Crippen LogP contribution in [0.5, 0.6) is 0 Å². The summed E-state index contributed by atoms with van der Waals surface area (Å²) in [6, 6.07) is 11.4. The maximum atomic E-state index is 12.4. The summed E-state index contributed by atoms with van der Waals surface area (Å²) in [6.45, 7) is 2.48. The predicted octanol–water partition coefficient (Wildman–Crippen LogP) is 3.38. The first-order chi connectivity index (χ1) is 12.6. The van der Waals surface area contributed by atoms with Crippen LogP contribution < -0.4 is 10.6 Å². The number of carbonyl (C=O) groups excluding carboxylic acids is 2. The molecule has 136 valence electrons. The summed E-state index contributed by atoms with van der Waals surface area (Å²) < 4.78 is 0. The normalized spacial score (nSPS) is 14.7. The van der Waals surface area contributed by atoms with Crippen molar-refractivity contribution in [3.8, 4) is 0 Å². The second-order valence-corrected chi connectivity index (χ2v) is 6.91. The van der Waals surface area contributed by atoms with Crippen LogP contribution in [0, 0.1) is 6.92 Å². The lowest BCUT2D eigenvalue weighted by atomic mass is 9.95. The van der Waals surface area contributed by atoms with Crippen LogP contribution in [0.3, 0.4) is 0 Å². The third-order valence-electron chi connectivity index (χ3n) is 4.77. The minimum Gasteiger partial charge on any atom is -0.348 e. The lowest BCUT2D eigenvalue weighted by Crippen LogP contribution is -2.36. The van der Waals surface area contributed by atoms with E-state index >= 15 is 0 Å². The first-order valence-electron chi connectivity index (χ1n) is 9.22. The summed E-state index contributed by atoms with van der Waals surface area (Å²) >= 11 is 0. The van der Waals surface area contributed by atoms with Gasteiger partial charge in [-0.15, -0.1) is 0 Å². The van der Waals surface area contributed by atoms with Gasteiger partial charge in [0.05, 0.1) is 0 Å². The van der Waals surface area contributed by atoms with E-state index in [2.05, 4.69) is 15.6 Å². The first kappa shape index (κ1) is 18.1. The molecule has 2 amide bonds. The van der Waals surface area contributed by atoms with Gasteiger partial charge in [0.15, 0.2) is 0 Å². The summed E-state index contributed by atoms with van der Waals surface area (Å²) in [7, 11) is 0. The molecule has 1 heterocycles. The fourth-order valence-corrected chi connectivity index (χ4v) is 3.19. The molecular formula is C21H25N3O2. The molecule has 1 saturated carbocycles. The maximum absolute atomic E-state index is 12.4. The number of rotatable bonds is 5. The molecule has 0 bridgehead atoms. The Morgan fingerprint density at radius 3 is 2.50 bits per heavy atom. The van der Waals surface area contributed by atoms with Crippen LogP contribution in [0.15, 0.2) is 42.6 Å². The van der Waals surface area contributed by atoms with Gasteiger partial charge in [0.25, 0.3) is 11.8 Å². The Kier molecular flexibility index (Phi) is 6.00. The fraction of sp³-hybridized carbons (Fsp3) is 0.381. The second-order valence-electron chi connectivity index (χ2n) is 6.91. The van der Waals surface area contributed by atoms with Crippen molar-refractivity contribution in [1.29, 1.82) is 0 Å². The molecule has 1 aliphatic carbocycles. The van der Waals surface area contributed by atoms with E-state index in [0.717, 1.165) is 31.2 Å². The van der Waals surface area contributed by atoms with Crippen molar-refractivity contribution in [3.63, 3.8) is 0 Å². The van der Waals surface area contributed by atoms with Gasteiger partial charge in [-0.2, -0.15) is 0 Å². The molecule has 1 fully saturated rings. The Hall–Kier alpha value is -2.69. The maximum Gasteiger partial charge on any atom is 0.270 e. The van der Waals surface area contributed by atoms with Gasteiger partial charge in [0.1, 0.15) is 5.69 Å². The second kappa shape index (κ2) is 8.61. The minimum absolute atomic E-state index is 0.204. The quantitative estimate of drug-likeness (QED) is 0.867. The van der Waals surface area contributed by atoms with E-state index in [1.54, 1.807) is 12.1 Å².